The van der Waals surface area contributed by atoms with Gasteiger partial charge >= 0.3 is 6.18 Å². The van der Waals surface area contributed by atoms with Crippen molar-refractivity contribution in [1.29, 1.82) is 0 Å². The highest BCUT2D eigenvalue weighted by Crippen LogP contribution is 2.30. The summed E-state index contributed by atoms with van der Waals surface area (Å²) in [5.41, 5.74) is 0.557. The molecule has 0 saturated carbocycles. The molecule has 138 valence electrons. The first kappa shape index (κ1) is 20.2. The number of halogens is 5. The smallest absolute Gasteiger partial charge is 0.417 e. The van der Waals surface area contributed by atoms with Crippen LogP contribution in [-0.4, -0.2) is 21.8 Å². The van der Waals surface area contributed by atoms with Gasteiger partial charge in [0.1, 0.15) is 12.3 Å². The number of phenolic OH excluding ortho intramolecular Hbond substituents is 1. The third-order valence-corrected chi connectivity index (χ3v) is 4.14. The number of carbonyl (C=O) groups is 1. The number of aromatic nitrogens is 1. The molecule has 0 spiro atoms. The number of phenols is 1. The maximum absolute atomic E-state index is 12.7. The Labute approximate surface area is 161 Å². The van der Waals surface area contributed by atoms with Crippen LogP contribution in [0.25, 0.3) is 0 Å². The molecule has 0 aliphatic heterocycles. The second-order valence-electron chi connectivity index (χ2n) is 5.00. The molecule has 0 bridgehead atoms. The highest BCUT2D eigenvalue weighted by atomic mass is 79.9. The summed E-state index contributed by atoms with van der Waals surface area (Å²) in [6.07, 6.45) is -2.92. The average Bonchev–Trinajstić information content (AvgIpc) is 2.53. The fourth-order valence-electron chi connectivity index (χ4n) is 1.87. The van der Waals surface area contributed by atoms with E-state index in [1.165, 1.54) is 6.07 Å². The van der Waals surface area contributed by atoms with Crippen LogP contribution in [0.1, 0.15) is 11.1 Å². The van der Waals surface area contributed by atoms with Crippen LogP contribution in [0.15, 0.2) is 49.3 Å². The quantitative estimate of drug-likeness (QED) is 0.503. The predicted octanol–water partition coefficient (Wildman–Crippen LogP) is 3.25. The standard InChI is InChI=1S/C15H10Br2F3N3O3/c16-10-3-8(14(26)11(17)4-10)5-21-22-12(24)7-23-6-9(15(18,19)20)1-2-13(23)25/h1-6,26H,7H2,(H,22,24). The minimum Gasteiger partial charge on any atom is -0.506 e. The zero-order valence-electron chi connectivity index (χ0n) is 12.7. The van der Waals surface area contributed by atoms with E-state index in [1.807, 2.05) is 0 Å². The van der Waals surface area contributed by atoms with Crippen molar-refractivity contribution in [2.75, 3.05) is 0 Å². The number of hydrogen-bond donors (Lipinski definition) is 2. The molecule has 1 heterocycles. The molecule has 2 N–H and O–H groups in total. The highest BCUT2D eigenvalue weighted by molar-refractivity contribution is 9.11. The van der Waals surface area contributed by atoms with Gasteiger partial charge in [-0.25, -0.2) is 5.43 Å². The van der Waals surface area contributed by atoms with Gasteiger partial charge in [0.05, 0.1) is 16.3 Å². The molecule has 0 atom stereocenters. The molecule has 1 aromatic carbocycles. The number of aromatic hydroxyl groups is 1. The van der Waals surface area contributed by atoms with Gasteiger partial charge in [-0.05, 0) is 34.1 Å². The predicted molar refractivity (Wildman–Crippen MR) is 94.9 cm³/mol. The zero-order chi connectivity index (χ0) is 19.5. The number of amides is 1. The lowest BCUT2D eigenvalue weighted by atomic mass is 10.2. The second-order valence-corrected chi connectivity index (χ2v) is 6.77. The van der Waals surface area contributed by atoms with Crippen molar-refractivity contribution >= 4 is 44.0 Å². The van der Waals surface area contributed by atoms with Crippen LogP contribution in [0.2, 0.25) is 0 Å². The van der Waals surface area contributed by atoms with E-state index in [0.717, 1.165) is 12.3 Å². The second kappa shape index (κ2) is 8.04. The number of benzene rings is 1. The Hall–Kier alpha value is -2.14. The average molecular weight is 497 g/mol. The van der Waals surface area contributed by atoms with Crippen LogP contribution in [0.5, 0.6) is 5.75 Å². The van der Waals surface area contributed by atoms with E-state index in [-0.39, 0.29) is 11.3 Å². The summed E-state index contributed by atoms with van der Waals surface area (Å²) in [5, 5.41) is 13.5. The molecule has 1 amide bonds. The Bertz CT molecular complexity index is 927. The molecule has 0 saturated heterocycles. The first-order valence-electron chi connectivity index (χ1n) is 6.85. The monoisotopic (exact) mass is 495 g/mol. The molecule has 2 rings (SSSR count). The van der Waals surface area contributed by atoms with Gasteiger partial charge in [-0.1, -0.05) is 15.9 Å². The lowest BCUT2D eigenvalue weighted by Gasteiger charge is -2.09. The maximum Gasteiger partial charge on any atom is 0.417 e. The number of nitrogens with one attached hydrogen (secondary N) is 1. The number of hydrazone groups is 1. The van der Waals surface area contributed by atoms with Crippen LogP contribution < -0.4 is 11.0 Å². The minimum atomic E-state index is -4.63. The van der Waals surface area contributed by atoms with Crippen LogP contribution in [0, 0.1) is 0 Å². The molecule has 26 heavy (non-hydrogen) atoms. The Morgan fingerprint density at radius 2 is 2.00 bits per heavy atom. The van der Waals surface area contributed by atoms with E-state index < -0.39 is 29.8 Å². The summed E-state index contributed by atoms with van der Waals surface area (Å²) >= 11 is 6.36. The Morgan fingerprint density at radius 3 is 2.65 bits per heavy atom. The van der Waals surface area contributed by atoms with Crippen molar-refractivity contribution < 1.29 is 23.1 Å². The fourth-order valence-corrected chi connectivity index (χ4v) is 3.13. The van der Waals surface area contributed by atoms with Gasteiger partial charge < -0.3 is 9.67 Å². The van der Waals surface area contributed by atoms with Crippen molar-refractivity contribution in [1.82, 2.24) is 9.99 Å². The third kappa shape index (κ3) is 5.18. The number of carbonyl (C=O) groups excluding carboxylic acids is 1. The van der Waals surface area contributed by atoms with Gasteiger partial charge in [-0.2, -0.15) is 18.3 Å². The molecule has 0 aliphatic rings. The molecular weight excluding hydrogens is 487 g/mol. The first-order valence-corrected chi connectivity index (χ1v) is 8.44. The fraction of sp³-hybridized carbons (Fsp3) is 0.133. The lowest BCUT2D eigenvalue weighted by molar-refractivity contribution is -0.138. The SMILES string of the molecule is O=C(Cn1cc(C(F)(F)F)ccc1=O)NN=Cc1cc(Br)cc(Br)c1O. The molecular formula is C15H10Br2F3N3O3. The number of pyridine rings is 1. The molecule has 0 radical (unpaired) electrons. The largest absolute Gasteiger partial charge is 0.506 e. The van der Waals surface area contributed by atoms with Gasteiger partial charge in [-0.15, -0.1) is 0 Å². The van der Waals surface area contributed by atoms with Crippen molar-refractivity contribution in [2.24, 2.45) is 5.10 Å². The molecule has 0 aliphatic carbocycles. The van der Waals surface area contributed by atoms with Crippen molar-refractivity contribution in [3.05, 3.63) is 60.9 Å². The van der Waals surface area contributed by atoms with Crippen molar-refractivity contribution in [3.8, 4) is 5.75 Å². The molecule has 11 heteroatoms. The normalized spacial score (nSPS) is 11.7. The first-order chi connectivity index (χ1) is 12.1. The van der Waals surface area contributed by atoms with Gasteiger partial charge in [0.15, 0.2) is 0 Å². The van der Waals surface area contributed by atoms with E-state index in [0.29, 0.717) is 25.8 Å². The molecule has 0 unspecified atom stereocenters. The summed E-state index contributed by atoms with van der Waals surface area (Å²) in [6.45, 7) is -0.645. The van der Waals surface area contributed by atoms with E-state index >= 15 is 0 Å². The van der Waals surface area contributed by atoms with E-state index in [4.69, 9.17) is 0 Å². The topological polar surface area (TPSA) is 83.7 Å². The van der Waals surface area contributed by atoms with E-state index in [1.54, 1.807) is 6.07 Å². The lowest BCUT2D eigenvalue weighted by Crippen LogP contribution is -2.30. The van der Waals surface area contributed by atoms with Gasteiger partial charge in [0.25, 0.3) is 11.5 Å². The third-order valence-electron chi connectivity index (χ3n) is 3.08. The minimum absolute atomic E-state index is 0.111. The van der Waals surface area contributed by atoms with Gasteiger partial charge in [0, 0.05) is 22.3 Å². The molecule has 6 nitrogen and oxygen atoms in total. The van der Waals surface area contributed by atoms with E-state index in [9.17, 15) is 27.9 Å². The van der Waals surface area contributed by atoms with Crippen molar-refractivity contribution in [2.45, 2.75) is 12.7 Å². The summed E-state index contributed by atoms with van der Waals surface area (Å²) in [6, 6.07) is 4.51. The molecule has 2 aromatic rings. The Kier molecular flexibility index (Phi) is 6.24. The molecule has 1 aromatic heterocycles. The van der Waals surface area contributed by atoms with Crippen LogP contribution in [0.3, 0.4) is 0 Å². The van der Waals surface area contributed by atoms with Gasteiger partial charge in [-0.3, -0.25) is 9.59 Å². The number of alkyl halides is 3. The summed E-state index contributed by atoms with van der Waals surface area (Å²) < 4.78 is 39.6. The Balaban J connectivity index is 2.09. The highest BCUT2D eigenvalue weighted by Gasteiger charge is 2.31. The summed E-state index contributed by atoms with van der Waals surface area (Å²) in [5.74, 6) is -0.920. The number of hydrogen-bond acceptors (Lipinski definition) is 4. The molecule has 0 fully saturated rings. The summed E-state index contributed by atoms with van der Waals surface area (Å²) in [4.78, 5) is 23.4. The zero-order valence-corrected chi connectivity index (χ0v) is 15.9. The van der Waals surface area contributed by atoms with Crippen LogP contribution in [-0.2, 0) is 17.5 Å². The summed E-state index contributed by atoms with van der Waals surface area (Å²) in [7, 11) is 0. The Morgan fingerprint density at radius 1 is 1.31 bits per heavy atom. The van der Waals surface area contributed by atoms with Gasteiger partial charge in [0.2, 0.25) is 0 Å². The maximum atomic E-state index is 12.7. The van der Waals surface area contributed by atoms with Crippen molar-refractivity contribution in [3.63, 3.8) is 0 Å². The van der Waals surface area contributed by atoms with E-state index in [2.05, 4.69) is 42.4 Å². The van der Waals surface area contributed by atoms with Crippen LogP contribution in [0.4, 0.5) is 13.2 Å². The van der Waals surface area contributed by atoms with Crippen LogP contribution >= 0.6 is 31.9 Å². The number of rotatable bonds is 4. The number of nitrogens with zero attached hydrogens (tertiary/aromatic N) is 2.